The molecule has 0 atom stereocenters. The molecule has 0 radical (unpaired) electrons. The third kappa shape index (κ3) is 5.48. The van der Waals surface area contributed by atoms with Crippen molar-refractivity contribution in [2.75, 3.05) is 5.32 Å². The number of hydrogen-bond donors (Lipinski definition) is 2. The van der Waals surface area contributed by atoms with E-state index >= 15 is 0 Å². The van der Waals surface area contributed by atoms with Gasteiger partial charge in [0, 0.05) is 6.20 Å². The number of rotatable bonds is 3. The SMILES string of the molecule is CC(C)(C)OC(=O)Nc1ncc(COC(N)=O)s1. The molecule has 100 valence electrons. The van der Waals surface area contributed by atoms with Gasteiger partial charge in [-0.15, -0.1) is 0 Å². The topological polar surface area (TPSA) is 104 Å². The molecule has 0 spiro atoms. The minimum Gasteiger partial charge on any atom is -0.444 e. The van der Waals surface area contributed by atoms with Crippen LogP contribution in [0.3, 0.4) is 0 Å². The number of carbonyl (C=O) groups excluding carboxylic acids is 2. The van der Waals surface area contributed by atoms with Crippen molar-refractivity contribution < 1.29 is 19.1 Å². The molecule has 0 bridgehead atoms. The lowest BCUT2D eigenvalue weighted by atomic mass is 10.2. The Kier molecular flexibility index (Phi) is 4.49. The molecule has 7 nitrogen and oxygen atoms in total. The van der Waals surface area contributed by atoms with Crippen molar-refractivity contribution in [2.24, 2.45) is 5.73 Å². The summed E-state index contributed by atoms with van der Waals surface area (Å²) in [6.07, 6.45) is 0.0459. The molecule has 0 aliphatic heterocycles. The van der Waals surface area contributed by atoms with Crippen LogP contribution in [0.4, 0.5) is 14.7 Å². The van der Waals surface area contributed by atoms with Crippen molar-refractivity contribution in [1.82, 2.24) is 4.98 Å². The van der Waals surface area contributed by atoms with Gasteiger partial charge in [0.25, 0.3) is 0 Å². The fourth-order valence-corrected chi connectivity index (χ4v) is 1.68. The molecule has 0 unspecified atom stereocenters. The zero-order chi connectivity index (χ0) is 13.8. The molecule has 0 saturated carbocycles. The number of primary amides is 1. The largest absolute Gasteiger partial charge is 0.444 e. The fraction of sp³-hybridized carbons (Fsp3) is 0.500. The van der Waals surface area contributed by atoms with Gasteiger partial charge in [0.1, 0.15) is 12.2 Å². The smallest absolute Gasteiger partial charge is 0.413 e. The first-order chi connectivity index (χ1) is 8.26. The van der Waals surface area contributed by atoms with Crippen LogP contribution in [0.15, 0.2) is 6.20 Å². The third-order valence-corrected chi connectivity index (χ3v) is 2.40. The van der Waals surface area contributed by atoms with E-state index in [-0.39, 0.29) is 6.61 Å². The van der Waals surface area contributed by atoms with Gasteiger partial charge in [0.15, 0.2) is 5.13 Å². The van der Waals surface area contributed by atoms with Crippen LogP contribution in [0.5, 0.6) is 0 Å². The summed E-state index contributed by atoms with van der Waals surface area (Å²) in [5.74, 6) is 0. The maximum atomic E-state index is 11.4. The number of anilines is 1. The minimum atomic E-state index is -0.856. The Labute approximate surface area is 108 Å². The molecule has 8 heteroatoms. The molecular formula is C10H15N3O4S. The quantitative estimate of drug-likeness (QED) is 0.877. The molecule has 1 rings (SSSR count). The van der Waals surface area contributed by atoms with Crippen LogP contribution in [0.25, 0.3) is 0 Å². The molecule has 1 aromatic rings. The number of nitrogens with two attached hydrogens (primary N) is 1. The molecule has 0 aliphatic carbocycles. The van der Waals surface area contributed by atoms with Gasteiger partial charge in [-0.1, -0.05) is 11.3 Å². The van der Waals surface area contributed by atoms with Crippen molar-refractivity contribution in [2.45, 2.75) is 33.0 Å². The Morgan fingerprint density at radius 2 is 2.17 bits per heavy atom. The lowest BCUT2D eigenvalue weighted by molar-refractivity contribution is 0.0636. The van der Waals surface area contributed by atoms with E-state index in [1.807, 2.05) is 0 Å². The summed E-state index contributed by atoms with van der Waals surface area (Å²) in [5.41, 5.74) is 4.26. The van der Waals surface area contributed by atoms with Gasteiger partial charge in [-0.2, -0.15) is 0 Å². The second-order valence-electron chi connectivity index (χ2n) is 4.37. The van der Waals surface area contributed by atoms with Crippen LogP contribution in [-0.2, 0) is 16.1 Å². The van der Waals surface area contributed by atoms with E-state index < -0.39 is 17.8 Å². The average Bonchev–Trinajstić information content (AvgIpc) is 2.59. The normalized spacial score (nSPS) is 10.8. The number of aromatic nitrogens is 1. The van der Waals surface area contributed by atoms with Gasteiger partial charge in [-0.05, 0) is 20.8 Å². The number of amides is 2. The zero-order valence-electron chi connectivity index (χ0n) is 10.4. The predicted octanol–water partition coefficient (Wildman–Crippen LogP) is 2.09. The molecule has 0 aromatic carbocycles. The Bertz CT molecular complexity index is 439. The Balaban J connectivity index is 2.48. The van der Waals surface area contributed by atoms with Crippen molar-refractivity contribution in [1.29, 1.82) is 0 Å². The zero-order valence-corrected chi connectivity index (χ0v) is 11.2. The molecule has 1 heterocycles. The van der Waals surface area contributed by atoms with Crippen LogP contribution in [0.2, 0.25) is 0 Å². The van der Waals surface area contributed by atoms with Gasteiger partial charge in [-0.3, -0.25) is 5.32 Å². The number of nitrogens with one attached hydrogen (secondary N) is 1. The summed E-state index contributed by atoms with van der Waals surface area (Å²) < 4.78 is 9.65. The summed E-state index contributed by atoms with van der Waals surface area (Å²) in [6, 6.07) is 0. The van der Waals surface area contributed by atoms with Crippen LogP contribution in [-0.4, -0.2) is 22.8 Å². The van der Waals surface area contributed by atoms with Crippen molar-refractivity contribution in [3.05, 3.63) is 11.1 Å². The first kappa shape index (κ1) is 14.2. The van der Waals surface area contributed by atoms with E-state index in [0.717, 1.165) is 0 Å². The van der Waals surface area contributed by atoms with E-state index in [4.69, 9.17) is 10.5 Å². The average molecular weight is 273 g/mol. The lowest BCUT2D eigenvalue weighted by Crippen LogP contribution is -2.27. The highest BCUT2D eigenvalue weighted by Gasteiger charge is 2.17. The molecule has 2 amide bonds. The molecule has 18 heavy (non-hydrogen) atoms. The minimum absolute atomic E-state index is 0.0308. The van der Waals surface area contributed by atoms with E-state index in [0.29, 0.717) is 10.0 Å². The summed E-state index contributed by atoms with van der Waals surface area (Å²) >= 11 is 1.17. The van der Waals surface area contributed by atoms with Gasteiger partial charge in [0.05, 0.1) is 4.88 Å². The van der Waals surface area contributed by atoms with Gasteiger partial charge in [-0.25, -0.2) is 14.6 Å². The second kappa shape index (κ2) is 5.67. The molecular weight excluding hydrogens is 258 g/mol. The standard InChI is InChI=1S/C10H15N3O4S/c1-10(2,3)17-9(15)13-8-12-4-6(18-8)5-16-7(11)14/h4H,5H2,1-3H3,(H2,11,14)(H,12,13,15). The van der Waals surface area contributed by atoms with Crippen LogP contribution < -0.4 is 11.1 Å². The summed E-state index contributed by atoms with van der Waals surface area (Å²) in [5, 5.41) is 2.85. The van der Waals surface area contributed by atoms with E-state index in [1.54, 1.807) is 20.8 Å². The van der Waals surface area contributed by atoms with Crippen LogP contribution in [0.1, 0.15) is 25.6 Å². The Morgan fingerprint density at radius 3 is 2.72 bits per heavy atom. The van der Waals surface area contributed by atoms with Crippen molar-refractivity contribution in [3.8, 4) is 0 Å². The molecule has 1 aromatic heterocycles. The number of hydrogen-bond acceptors (Lipinski definition) is 6. The fourth-order valence-electron chi connectivity index (χ4n) is 0.965. The molecule has 0 aliphatic rings. The van der Waals surface area contributed by atoms with Gasteiger partial charge < -0.3 is 15.2 Å². The number of thiazole rings is 1. The number of ether oxygens (including phenoxy) is 2. The first-order valence-corrected chi connectivity index (χ1v) is 5.95. The van der Waals surface area contributed by atoms with E-state index in [9.17, 15) is 9.59 Å². The molecule has 0 saturated heterocycles. The first-order valence-electron chi connectivity index (χ1n) is 5.13. The molecule has 0 fully saturated rings. The Morgan fingerprint density at radius 1 is 1.50 bits per heavy atom. The predicted molar refractivity (Wildman–Crippen MR) is 66.3 cm³/mol. The maximum Gasteiger partial charge on any atom is 0.413 e. The third-order valence-electron chi connectivity index (χ3n) is 1.52. The summed E-state index contributed by atoms with van der Waals surface area (Å²) in [7, 11) is 0. The van der Waals surface area contributed by atoms with Gasteiger partial charge in [0.2, 0.25) is 0 Å². The lowest BCUT2D eigenvalue weighted by Gasteiger charge is -2.18. The highest BCUT2D eigenvalue weighted by Crippen LogP contribution is 2.19. The second-order valence-corrected chi connectivity index (χ2v) is 5.48. The monoisotopic (exact) mass is 273 g/mol. The van der Waals surface area contributed by atoms with E-state index in [1.165, 1.54) is 17.5 Å². The Hall–Kier alpha value is -1.83. The van der Waals surface area contributed by atoms with Gasteiger partial charge >= 0.3 is 12.2 Å². The highest BCUT2D eigenvalue weighted by atomic mass is 32.1. The molecule has 3 N–H and O–H groups in total. The number of carbonyl (C=O) groups is 2. The van der Waals surface area contributed by atoms with E-state index in [2.05, 4.69) is 15.0 Å². The number of nitrogens with zero attached hydrogens (tertiary/aromatic N) is 1. The summed E-state index contributed by atoms with van der Waals surface area (Å²) in [4.78, 5) is 26.4. The summed E-state index contributed by atoms with van der Waals surface area (Å²) in [6.45, 7) is 5.32. The van der Waals surface area contributed by atoms with Crippen LogP contribution >= 0.6 is 11.3 Å². The highest BCUT2D eigenvalue weighted by molar-refractivity contribution is 7.15. The van der Waals surface area contributed by atoms with Crippen molar-refractivity contribution >= 4 is 28.7 Å². The maximum absolute atomic E-state index is 11.4. The van der Waals surface area contributed by atoms with Crippen molar-refractivity contribution in [3.63, 3.8) is 0 Å². The van der Waals surface area contributed by atoms with Crippen LogP contribution in [0, 0.1) is 0 Å².